The van der Waals surface area contributed by atoms with Gasteiger partial charge in [0.25, 0.3) is 0 Å². The Balaban J connectivity index is 2.38. The Morgan fingerprint density at radius 2 is 1.45 bits per heavy atom. The molecule has 0 amide bonds. The van der Waals surface area contributed by atoms with E-state index in [1.165, 1.54) is 29.5 Å². The van der Waals surface area contributed by atoms with Crippen LogP contribution in [0.2, 0.25) is 0 Å². The fraction of sp³-hybridized carbons (Fsp3) is 0.409. The van der Waals surface area contributed by atoms with Crippen molar-refractivity contribution in [1.82, 2.24) is 0 Å². The topological polar surface area (TPSA) is 0 Å². The van der Waals surface area contributed by atoms with Gasteiger partial charge in [0.2, 0.25) is 0 Å². The van der Waals surface area contributed by atoms with Crippen LogP contribution in [0.15, 0.2) is 54.6 Å². The molecule has 2 atom stereocenters. The second-order valence-electron chi connectivity index (χ2n) is 6.39. The van der Waals surface area contributed by atoms with Crippen LogP contribution in [0, 0.1) is 11.8 Å². The summed E-state index contributed by atoms with van der Waals surface area (Å²) in [4.78, 5) is 0. The van der Waals surface area contributed by atoms with Crippen molar-refractivity contribution in [3.63, 3.8) is 0 Å². The first-order valence-electron chi connectivity index (χ1n) is 8.66. The number of hydrogen-bond acceptors (Lipinski definition) is 0. The number of hydrogen-bond donors (Lipinski definition) is 0. The second-order valence-corrected chi connectivity index (χ2v) is 6.39. The van der Waals surface area contributed by atoms with Crippen LogP contribution in [0.1, 0.15) is 63.1 Å². The van der Waals surface area contributed by atoms with Crippen LogP contribution in [0.5, 0.6) is 0 Å². The van der Waals surface area contributed by atoms with Crippen LogP contribution in [0.4, 0.5) is 0 Å². The number of benzene rings is 2. The molecule has 0 saturated heterocycles. The van der Waals surface area contributed by atoms with E-state index in [-0.39, 0.29) is 0 Å². The Labute approximate surface area is 136 Å². The van der Waals surface area contributed by atoms with Gasteiger partial charge in [-0.2, -0.15) is 0 Å². The highest BCUT2D eigenvalue weighted by molar-refractivity contribution is 5.43. The van der Waals surface area contributed by atoms with E-state index in [0.717, 1.165) is 6.42 Å². The van der Waals surface area contributed by atoms with E-state index in [0.29, 0.717) is 11.8 Å². The molecule has 0 aliphatic rings. The molecule has 0 nitrogen and oxygen atoms in total. The van der Waals surface area contributed by atoms with E-state index >= 15 is 0 Å². The van der Waals surface area contributed by atoms with Gasteiger partial charge in [-0.3, -0.25) is 0 Å². The minimum absolute atomic E-state index is 0.616. The average molecular weight is 293 g/mol. The Morgan fingerprint density at radius 3 is 2.09 bits per heavy atom. The van der Waals surface area contributed by atoms with Gasteiger partial charge in [-0.15, -0.1) is 0 Å². The Hall–Kier alpha value is -1.56. The molecule has 2 aromatic carbocycles. The van der Waals surface area contributed by atoms with Gasteiger partial charge in [0.1, 0.15) is 0 Å². The first-order chi connectivity index (χ1) is 10.7. The molecule has 0 aliphatic heterocycles. The summed E-state index contributed by atoms with van der Waals surface area (Å²) in [7, 11) is 0. The lowest BCUT2D eigenvalue weighted by atomic mass is 9.77. The van der Waals surface area contributed by atoms with Gasteiger partial charge >= 0.3 is 0 Å². The van der Waals surface area contributed by atoms with Crippen molar-refractivity contribution in [3.8, 4) is 0 Å². The zero-order valence-electron chi connectivity index (χ0n) is 14.5. The van der Waals surface area contributed by atoms with Crippen LogP contribution < -0.4 is 0 Å². The minimum atomic E-state index is 0.616. The van der Waals surface area contributed by atoms with E-state index in [2.05, 4.69) is 82.3 Å². The lowest BCUT2D eigenvalue weighted by Crippen LogP contribution is -2.16. The molecule has 22 heavy (non-hydrogen) atoms. The van der Waals surface area contributed by atoms with Gasteiger partial charge in [-0.1, -0.05) is 88.7 Å². The highest BCUT2D eigenvalue weighted by atomic mass is 14.3. The standard InChI is InChI=1S/C22H29/c1-5-17(3)20-14-10-11-15-21(20)22(18(4)6-2)16-19-12-8-7-9-13-19/h7-15,17-18H,5-6,16H2,1-4H3. The normalized spacial score (nSPS) is 14.0. The number of rotatable bonds is 7. The van der Waals surface area contributed by atoms with E-state index in [1.54, 1.807) is 5.92 Å². The van der Waals surface area contributed by atoms with Gasteiger partial charge in [-0.05, 0) is 41.4 Å². The van der Waals surface area contributed by atoms with Gasteiger partial charge in [0.05, 0.1) is 0 Å². The summed E-state index contributed by atoms with van der Waals surface area (Å²) in [6, 6.07) is 19.9. The van der Waals surface area contributed by atoms with Crippen LogP contribution in [-0.2, 0) is 6.42 Å². The third-order valence-electron chi connectivity index (χ3n) is 4.89. The monoisotopic (exact) mass is 293 g/mol. The zero-order valence-corrected chi connectivity index (χ0v) is 14.5. The molecule has 0 heteroatoms. The molecule has 2 rings (SSSR count). The predicted molar refractivity (Wildman–Crippen MR) is 97.1 cm³/mol. The quantitative estimate of drug-likeness (QED) is 0.553. The van der Waals surface area contributed by atoms with Crippen molar-refractivity contribution in [2.24, 2.45) is 5.92 Å². The first-order valence-corrected chi connectivity index (χ1v) is 8.66. The van der Waals surface area contributed by atoms with Gasteiger partial charge in [0, 0.05) is 5.92 Å². The van der Waals surface area contributed by atoms with Crippen molar-refractivity contribution in [3.05, 3.63) is 77.2 Å². The largest absolute Gasteiger partial charge is 0.0651 e. The molecular formula is C22H29. The molecule has 0 spiro atoms. The molecule has 0 fully saturated rings. The van der Waals surface area contributed by atoms with E-state index in [9.17, 15) is 0 Å². The maximum Gasteiger partial charge on any atom is 0.0124 e. The maximum atomic E-state index is 2.37. The lowest BCUT2D eigenvalue weighted by molar-refractivity contribution is 0.569. The smallest absolute Gasteiger partial charge is 0.0124 e. The average Bonchev–Trinajstić information content (AvgIpc) is 2.59. The highest BCUT2D eigenvalue weighted by Crippen LogP contribution is 2.35. The highest BCUT2D eigenvalue weighted by Gasteiger charge is 2.23. The summed E-state index contributed by atoms with van der Waals surface area (Å²) < 4.78 is 0. The van der Waals surface area contributed by atoms with Crippen molar-refractivity contribution >= 4 is 0 Å². The Kier molecular flexibility index (Phi) is 6.24. The molecular weight excluding hydrogens is 264 g/mol. The Bertz CT molecular complexity index is 555. The SMILES string of the molecule is CCC(C)[C](Cc1ccccc1)c1ccccc1C(C)CC. The molecule has 117 valence electrons. The molecule has 2 aromatic rings. The molecule has 1 radical (unpaired) electrons. The molecule has 0 aliphatic carbocycles. The van der Waals surface area contributed by atoms with Gasteiger partial charge in [0.15, 0.2) is 0 Å². The third kappa shape index (κ3) is 4.00. The van der Waals surface area contributed by atoms with E-state index in [4.69, 9.17) is 0 Å². The fourth-order valence-electron chi connectivity index (χ4n) is 3.04. The molecule has 0 saturated carbocycles. The molecule has 0 N–H and O–H groups in total. The molecule has 0 bridgehead atoms. The van der Waals surface area contributed by atoms with Crippen molar-refractivity contribution in [2.45, 2.75) is 52.9 Å². The van der Waals surface area contributed by atoms with E-state index < -0.39 is 0 Å². The molecule has 0 aromatic heterocycles. The summed E-state index contributed by atoms with van der Waals surface area (Å²) in [6.45, 7) is 9.28. The second kappa shape index (κ2) is 8.17. The fourth-order valence-corrected chi connectivity index (χ4v) is 3.04. The van der Waals surface area contributed by atoms with Crippen LogP contribution in [0.3, 0.4) is 0 Å². The molecule has 0 heterocycles. The molecule has 2 unspecified atom stereocenters. The summed E-state index contributed by atoms with van der Waals surface area (Å²) in [5.41, 5.74) is 4.41. The minimum Gasteiger partial charge on any atom is -0.0651 e. The van der Waals surface area contributed by atoms with Gasteiger partial charge in [-0.25, -0.2) is 0 Å². The first kappa shape index (κ1) is 16.8. The zero-order chi connectivity index (χ0) is 15.9. The summed E-state index contributed by atoms with van der Waals surface area (Å²) >= 11 is 0. The maximum absolute atomic E-state index is 2.37. The van der Waals surface area contributed by atoms with Crippen molar-refractivity contribution < 1.29 is 0 Å². The van der Waals surface area contributed by atoms with Crippen LogP contribution >= 0.6 is 0 Å². The van der Waals surface area contributed by atoms with E-state index in [1.807, 2.05) is 0 Å². The summed E-state index contributed by atoms with van der Waals surface area (Å²) in [5, 5.41) is 0. The van der Waals surface area contributed by atoms with Crippen LogP contribution in [0.25, 0.3) is 0 Å². The summed E-state index contributed by atoms with van der Waals surface area (Å²) in [6.07, 6.45) is 3.44. The predicted octanol–water partition coefficient (Wildman–Crippen LogP) is 6.41. The Morgan fingerprint density at radius 1 is 0.818 bits per heavy atom. The lowest BCUT2D eigenvalue weighted by Gasteiger charge is -2.27. The van der Waals surface area contributed by atoms with Crippen molar-refractivity contribution in [2.75, 3.05) is 0 Å². The summed E-state index contributed by atoms with van der Waals surface area (Å²) in [5.74, 6) is 2.82. The van der Waals surface area contributed by atoms with Crippen molar-refractivity contribution in [1.29, 1.82) is 0 Å². The third-order valence-corrected chi connectivity index (χ3v) is 4.89. The van der Waals surface area contributed by atoms with Gasteiger partial charge < -0.3 is 0 Å². The van der Waals surface area contributed by atoms with Crippen LogP contribution in [-0.4, -0.2) is 0 Å².